The Bertz CT molecular complexity index is 1240. The van der Waals surface area contributed by atoms with E-state index in [4.69, 9.17) is 0 Å². The highest BCUT2D eigenvalue weighted by Crippen LogP contribution is 2.30. The van der Waals surface area contributed by atoms with Gasteiger partial charge < -0.3 is 9.80 Å². The summed E-state index contributed by atoms with van der Waals surface area (Å²) in [5, 5.41) is 11.2. The van der Waals surface area contributed by atoms with Crippen LogP contribution in [0.25, 0.3) is 0 Å². The van der Waals surface area contributed by atoms with Crippen LogP contribution in [0, 0.1) is 21.8 Å². The molecule has 0 atom stereocenters. The third-order valence-electron chi connectivity index (χ3n) is 6.38. The summed E-state index contributed by atoms with van der Waals surface area (Å²) >= 11 is 0. The van der Waals surface area contributed by atoms with Crippen LogP contribution in [0.15, 0.2) is 72.8 Å². The Balaban J connectivity index is 1.52. The topological polar surface area (TPSA) is 83.8 Å². The third kappa shape index (κ3) is 5.21. The van der Waals surface area contributed by atoms with E-state index >= 15 is 0 Å². The second-order valence-electron chi connectivity index (χ2n) is 8.48. The summed E-state index contributed by atoms with van der Waals surface area (Å²) in [5.74, 6) is -0.759. The Morgan fingerprint density at radius 2 is 1.71 bits per heavy atom. The van der Waals surface area contributed by atoms with Gasteiger partial charge in [-0.25, -0.2) is 4.39 Å². The first-order valence-electron chi connectivity index (χ1n) is 11.6. The minimum absolute atomic E-state index is 0.0110. The van der Waals surface area contributed by atoms with Gasteiger partial charge >= 0.3 is 0 Å². The van der Waals surface area contributed by atoms with E-state index in [0.717, 1.165) is 5.69 Å². The maximum absolute atomic E-state index is 13.6. The van der Waals surface area contributed by atoms with Crippen LogP contribution in [0.1, 0.15) is 40.5 Å². The number of hydrogen-bond acceptors (Lipinski definition) is 5. The standard InChI is InChI=1S/C27H26FN3O4/c1-2-30(22-6-5-7-23(18-22)31(34)35)27(33)24-8-3-4-9-25(24)29-16-14-20(15-17-29)26(32)19-10-12-21(28)13-11-19/h3-13,18,20H,2,14-17H2,1H3. The number of non-ortho nitro benzene ring substituents is 1. The van der Waals surface area contributed by atoms with Crippen molar-refractivity contribution in [2.45, 2.75) is 19.8 Å². The van der Waals surface area contributed by atoms with Crippen LogP contribution >= 0.6 is 0 Å². The molecule has 0 saturated carbocycles. The number of hydrogen-bond donors (Lipinski definition) is 0. The molecule has 1 heterocycles. The van der Waals surface area contributed by atoms with Crippen molar-refractivity contribution in [1.82, 2.24) is 0 Å². The van der Waals surface area contributed by atoms with Gasteiger partial charge in [0.2, 0.25) is 0 Å². The van der Waals surface area contributed by atoms with Crippen LogP contribution < -0.4 is 9.80 Å². The first kappa shape index (κ1) is 24.1. The van der Waals surface area contributed by atoms with Crippen molar-refractivity contribution in [2.24, 2.45) is 5.92 Å². The minimum Gasteiger partial charge on any atom is -0.371 e. The fraction of sp³-hybridized carbons (Fsp3) is 0.259. The molecule has 1 aliphatic heterocycles. The zero-order valence-corrected chi connectivity index (χ0v) is 19.4. The molecule has 8 heteroatoms. The second-order valence-corrected chi connectivity index (χ2v) is 8.48. The van der Waals surface area contributed by atoms with Crippen molar-refractivity contribution in [3.63, 3.8) is 0 Å². The lowest BCUT2D eigenvalue weighted by atomic mass is 9.88. The van der Waals surface area contributed by atoms with Gasteiger partial charge in [-0.3, -0.25) is 19.7 Å². The Morgan fingerprint density at radius 1 is 1.03 bits per heavy atom. The number of carbonyl (C=O) groups excluding carboxylic acids is 2. The van der Waals surface area contributed by atoms with Crippen molar-refractivity contribution in [2.75, 3.05) is 29.4 Å². The van der Waals surface area contributed by atoms with Crippen LogP contribution in [0.4, 0.5) is 21.5 Å². The number of Topliss-reactive ketones (excluding diaryl/α,β-unsaturated/α-hetero) is 1. The van der Waals surface area contributed by atoms with Crippen molar-refractivity contribution >= 4 is 28.8 Å². The van der Waals surface area contributed by atoms with E-state index in [1.165, 1.54) is 41.3 Å². The molecule has 7 nitrogen and oxygen atoms in total. The number of para-hydroxylation sites is 1. The third-order valence-corrected chi connectivity index (χ3v) is 6.38. The zero-order valence-electron chi connectivity index (χ0n) is 19.4. The highest BCUT2D eigenvalue weighted by atomic mass is 19.1. The summed E-state index contributed by atoms with van der Waals surface area (Å²) in [6.07, 6.45) is 1.25. The highest BCUT2D eigenvalue weighted by molar-refractivity contribution is 6.10. The van der Waals surface area contributed by atoms with Gasteiger partial charge in [-0.1, -0.05) is 18.2 Å². The Kier molecular flexibility index (Phi) is 7.19. The Labute approximate surface area is 202 Å². The normalized spacial score (nSPS) is 13.9. The summed E-state index contributed by atoms with van der Waals surface area (Å²) in [7, 11) is 0. The largest absolute Gasteiger partial charge is 0.371 e. The van der Waals surface area contributed by atoms with Crippen molar-refractivity contribution in [1.29, 1.82) is 0 Å². The average molecular weight is 476 g/mol. The van der Waals surface area contributed by atoms with Gasteiger partial charge in [0.15, 0.2) is 5.78 Å². The number of nitro benzene ring substituents is 1. The minimum atomic E-state index is -0.479. The van der Waals surface area contributed by atoms with Gasteiger partial charge in [-0.05, 0) is 62.2 Å². The summed E-state index contributed by atoms with van der Waals surface area (Å²) in [4.78, 5) is 40.7. The van der Waals surface area contributed by atoms with Gasteiger partial charge in [-0.2, -0.15) is 0 Å². The fourth-order valence-electron chi connectivity index (χ4n) is 4.53. The van der Waals surface area contributed by atoms with Gasteiger partial charge in [0.1, 0.15) is 5.82 Å². The van der Waals surface area contributed by atoms with Crippen LogP contribution in [-0.4, -0.2) is 36.2 Å². The molecule has 0 unspecified atom stereocenters. The van der Waals surface area contributed by atoms with E-state index in [1.807, 2.05) is 19.1 Å². The summed E-state index contributed by atoms with van der Waals surface area (Å²) in [5.41, 5.74) is 2.18. The first-order chi connectivity index (χ1) is 16.9. The van der Waals surface area contributed by atoms with E-state index in [2.05, 4.69) is 4.90 Å². The maximum Gasteiger partial charge on any atom is 0.271 e. The van der Waals surface area contributed by atoms with Crippen LogP contribution in [0.3, 0.4) is 0 Å². The first-order valence-corrected chi connectivity index (χ1v) is 11.6. The summed E-state index contributed by atoms with van der Waals surface area (Å²) in [6, 6.07) is 19.0. The van der Waals surface area contributed by atoms with E-state index < -0.39 is 4.92 Å². The smallest absolute Gasteiger partial charge is 0.271 e. The van der Waals surface area contributed by atoms with Crippen molar-refractivity contribution in [3.8, 4) is 0 Å². The molecule has 0 bridgehead atoms. The van der Waals surface area contributed by atoms with Gasteiger partial charge in [0.05, 0.1) is 16.2 Å². The number of nitro groups is 1. The predicted molar refractivity (Wildman–Crippen MR) is 133 cm³/mol. The van der Waals surface area contributed by atoms with Crippen LogP contribution in [0.2, 0.25) is 0 Å². The zero-order chi connectivity index (χ0) is 24.9. The van der Waals surface area contributed by atoms with Crippen molar-refractivity contribution < 1.29 is 18.9 Å². The van der Waals surface area contributed by atoms with E-state index in [0.29, 0.717) is 49.3 Å². The molecule has 0 radical (unpaired) electrons. The maximum atomic E-state index is 13.6. The lowest BCUT2D eigenvalue weighted by Crippen LogP contribution is -2.38. The number of amides is 1. The van der Waals surface area contributed by atoms with E-state index in [1.54, 1.807) is 24.3 Å². The number of nitrogens with zero attached hydrogens (tertiary/aromatic N) is 3. The van der Waals surface area contributed by atoms with Gasteiger partial charge in [0, 0.05) is 48.9 Å². The Hall–Kier alpha value is -4.07. The number of piperidine rings is 1. The second kappa shape index (κ2) is 10.5. The summed E-state index contributed by atoms with van der Waals surface area (Å²) in [6.45, 7) is 3.38. The molecule has 1 fully saturated rings. The molecule has 0 spiro atoms. The molecule has 0 aliphatic carbocycles. The molecular formula is C27H26FN3O4. The lowest BCUT2D eigenvalue weighted by molar-refractivity contribution is -0.384. The average Bonchev–Trinajstić information content (AvgIpc) is 2.89. The number of benzene rings is 3. The molecule has 0 aromatic heterocycles. The lowest BCUT2D eigenvalue weighted by Gasteiger charge is -2.34. The number of carbonyl (C=O) groups is 2. The van der Waals surface area contributed by atoms with E-state index in [-0.39, 0.29) is 29.1 Å². The highest BCUT2D eigenvalue weighted by Gasteiger charge is 2.29. The monoisotopic (exact) mass is 475 g/mol. The van der Waals surface area contributed by atoms with Crippen LogP contribution in [-0.2, 0) is 0 Å². The molecule has 3 aromatic carbocycles. The number of halogens is 1. The molecule has 1 aliphatic rings. The quantitative estimate of drug-likeness (QED) is 0.256. The molecule has 0 N–H and O–H groups in total. The van der Waals surface area contributed by atoms with Crippen LogP contribution in [0.5, 0.6) is 0 Å². The van der Waals surface area contributed by atoms with E-state index in [9.17, 15) is 24.1 Å². The van der Waals surface area contributed by atoms with Crippen molar-refractivity contribution in [3.05, 3.63) is 99.9 Å². The predicted octanol–water partition coefficient (Wildman–Crippen LogP) is 5.50. The Morgan fingerprint density at radius 3 is 2.37 bits per heavy atom. The van der Waals surface area contributed by atoms with Gasteiger partial charge in [-0.15, -0.1) is 0 Å². The summed E-state index contributed by atoms with van der Waals surface area (Å²) < 4.78 is 13.2. The number of anilines is 2. The molecule has 4 rings (SSSR count). The molecular weight excluding hydrogens is 449 g/mol. The number of ketones is 1. The molecule has 1 saturated heterocycles. The van der Waals surface area contributed by atoms with Gasteiger partial charge in [0.25, 0.3) is 11.6 Å². The molecule has 1 amide bonds. The molecule has 180 valence electrons. The molecule has 35 heavy (non-hydrogen) atoms. The number of rotatable bonds is 7. The SMILES string of the molecule is CCN(C(=O)c1ccccc1N1CCC(C(=O)c2ccc(F)cc2)CC1)c1cccc([N+](=O)[O-])c1. The fourth-order valence-corrected chi connectivity index (χ4v) is 4.53. The molecule has 3 aromatic rings.